The minimum atomic E-state index is -0.252. The molecule has 132 valence electrons. The lowest BCUT2D eigenvalue weighted by Gasteiger charge is -2.16. The van der Waals surface area contributed by atoms with E-state index in [9.17, 15) is 4.79 Å². The molecular weight excluding hydrogens is 340 g/mol. The monoisotopic (exact) mass is 360 g/mol. The van der Waals surface area contributed by atoms with Crippen LogP contribution in [0.5, 0.6) is 0 Å². The number of benzene rings is 1. The van der Waals surface area contributed by atoms with Crippen molar-refractivity contribution >= 4 is 35.5 Å². The first-order valence-electron chi connectivity index (χ1n) is 7.67. The highest BCUT2D eigenvalue weighted by Crippen LogP contribution is 2.16. The van der Waals surface area contributed by atoms with Crippen LogP contribution in [0.25, 0.3) is 6.08 Å². The molecule has 0 radical (unpaired) electrons. The van der Waals surface area contributed by atoms with Crippen LogP contribution in [0.3, 0.4) is 0 Å². The average Bonchev–Trinajstić information content (AvgIpc) is 2.58. The van der Waals surface area contributed by atoms with Crippen molar-refractivity contribution in [2.24, 2.45) is 0 Å². The van der Waals surface area contributed by atoms with Gasteiger partial charge >= 0.3 is 0 Å². The number of hydrogen-bond donors (Lipinski definition) is 1. The Labute approximate surface area is 152 Å². The summed E-state index contributed by atoms with van der Waals surface area (Å²) in [5, 5.41) is 3.36. The predicted molar refractivity (Wildman–Crippen MR) is 101 cm³/mol. The first-order valence-corrected chi connectivity index (χ1v) is 8.04. The predicted octanol–water partition coefficient (Wildman–Crippen LogP) is 1.99. The lowest BCUT2D eigenvalue weighted by atomic mass is 10.2. The molecule has 7 nitrogen and oxygen atoms in total. The topological polar surface area (TPSA) is 74.2 Å². The molecule has 2 rings (SSSR count). The Hall–Kier alpha value is -2.67. The highest BCUT2D eigenvalue weighted by molar-refractivity contribution is 6.32. The summed E-state index contributed by atoms with van der Waals surface area (Å²) in [6, 6.07) is 7.31. The van der Waals surface area contributed by atoms with Crippen LogP contribution in [0, 0.1) is 0 Å². The molecule has 1 N–H and O–H groups in total. The summed E-state index contributed by atoms with van der Waals surface area (Å²) in [6.07, 6.45) is 3.10. The molecule has 1 amide bonds. The molecule has 0 saturated carbocycles. The summed E-state index contributed by atoms with van der Waals surface area (Å²) < 4.78 is 0. The summed E-state index contributed by atoms with van der Waals surface area (Å²) >= 11 is 6.06. The number of hydrogen-bond acceptors (Lipinski definition) is 6. The van der Waals surface area contributed by atoms with E-state index in [1.807, 2.05) is 46.4 Å². The highest BCUT2D eigenvalue weighted by atomic mass is 35.5. The fourth-order valence-corrected chi connectivity index (χ4v) is 2.07. The zero-order valence-corrected chi connectivity index (χ0v) is 15.4. The van der Waals surface area contributed by atoms with Gasteiger partial charge in [0.25, 0.3) is 0 Å². The van der Waals surface area contributed by atoms with Gasteiger partial charge in [-0.2, -0.15) is 15.0 Å². The molecule has 0 unspecified atom stereocenters. The quantitative estimate of drug-likeness (QED) is 0.794. The summed E-state index contributed by atoms with van der Waals surface area (Å²) in [5.74, 6) is 1.31. The van der Waals surface area contributed by atoms with E-state index in [2.05, 4.69) is 20.3 Å². The first kappa shape index (κ1) is 18.7. The fourth-order valence-electron chi connectivity index (χ4n) is 1.88. The van der Waals surface area contributed by atoms with Crippen LogP contribution in [0.4, 0.5) is 11.9 Å². The van der Waals surface area contributed by atoms with Gasteiger partial charge in [-0.05, 0) is 17.7 Å². The molecule has 1 heterocycles. The van der Waals surface area contributed by atoms with Gasteiger partial charge in [0.05, 0.1) is 6.54 Å². The number of aromatic nitrogens is 3. The van der Waals surface area contributed by atoms with Gasteiger partial charge < -0.3 is 15.1 Å². The van der Waals surface area contributed by atoms with Crippen molar-refractivity contribution in [2.75, 3.05) is 38.0 Å². The Balaban J connectivity index is 2.05. The lowest BCUT2D eigenvalue weighted by Crippen LogP contribution is -2.25. The Morgan fingerprint density at radius 2 is 1.68 bits per heavy atom. The number of rotatable bonds is 6. The number of carbonyl (C=O) groups excluding carboxylic acids is 1. The van der Waals surface area contributed by atoms with E-state index >= 15 is 0 Å². The molecule has 0 fully saturated rings. The molecule has 8 heteroatoms. The fraction of sp³-hybridized carbons (Fsp3) is 0.294. The van der Waals surface area contributed by atoms with Gasteiger partial charge in [-0.3, -0.25) is 4.79 Å². The van der Waals surface area contributed by atoms with E-state index in [0.29, 0.717) is 22.7 Å². The summed E-state index contributed by atoms with van der Waals surface area (Å²) in [6.45, 7) is 0.204. The van der Waals surface area contributed by atoms with Gasteiger partial charge in [-0.25, -0.2) is 0 Å². The van der Waals surface area contributed by atoms with Crippen LogP contribution < -0.4 is 15.1 Å². The SMILES string of the molecule is CN(C)c1nc(CNC(=O)/C=C/c2ccccc2Cl)nc(N(C)C)n1. The number of nitrogens with one attached hydrogen (secondary N) is 1. The zero-order chi connectivity index (χ0) is 18.4. The van der Waals surface area contributed by atoms with Gasteiger partial charge in [0.2, 0.25) is 17.8 Å². The molecule has 0 aliphatic carbocycles. The lowest BCUT2D eigenvalue weighted by molar-refractivity contribution is -0.116. The Bertz CT molecular complexity index is 749. The zero-order valence-electron chi connectivity index (χ0n) is 14.7. The maximum absolute atomic E-state index is 12.0. The second-order valence-corrected chi connectivity index (χ2v) is 6.12. The van der Waals surface area contributed by atoms with Crippen LogP contribution in [0.2, 0.25) is 5.02 Å². The van der Waals surface area contributed by atoms with Crippen molar-refractivity contribution in [3.8, 4) is 0 Å². The van der Waals surface area contributed by atoms with Crippen LogP contribution >= 0.6 is 11.6 Å². The maximum atomic E-state index is 12.0. The molecule has 0 atom stereocenters. The van der Waals surface area contributed by atoms with E-state index in [-0.39, 0.29) is 12.5 Å². The number of amides is 1. The van der Waals surface area contributed by atoms with E-state index in [4.69, 9.17) is 11.6 Å². The van der Waals surface area contributed by atoms with Crippen molar-refractivity contribution in [3.63, 3.8) is 0 Å². The van der Waals surface area contributed by atoms with Crippen molar-refractivity contribution in [2.45, 2.75) is 6.54 Å². The number of nitrogens with zero attached hydrogens (tertiary/aromatic N) is 5. The number of carbonyl (C=O) groups is 1. The van der Waals surface area contributed by atoms with E-state index < -0.39 is 0 Å². The molecule has 0 aliphatic heterocycles. The second-order valence-electron chi connectivity index (χ2n) is 5.71. The maximum Gasteiger partial charge on any atom is 0.244 e. The van der Waals surface area contributed by atoms with Crippen LogP contribution in [-0.4, -0.2) is 49.0 Å². The minimum absolute atomic E-state index is 0.204. The van der Waals surface area contributed by atoms with Gasteiger partial charge in [0.15, 0.2) is 5.82 Å². The summed E-state index contributed by atoms with van der Waals surface area (Å²) in [7, 11) is 7.40. The smallest absolute Gasteiger partial charge is 0.244 e. The summed E-state index contributed by atoms with van der Waals surface area (Å²) in [5.41, 5.74) is 0.782. The van der Waals surface area contributed by atoms with E-state index in [1.54, 1.807) is 21.9 Å². The normalized spacial score (nSPS) is 10.8. The molecule has 1 aromatic heterocycles. The first-order chi connectivity index (χ1) is 11.9. The van der Waals surface area contributed by atoms with Crippen LogP contribution in [0.1, 0.15) is 11.4 Å². The number of anilines is 2. The third-order valence-electron chi connectivity index (χ3n) is 3.20. The van der Waals surface area contributed by atoms with E-state index in [1.165, 1.54) is 6.08 Å². The number of halogens is 1. The largest absolute Gasteiger partial charge is 0.347 e. The molecule has 0 saturated heterocycles. The molecule has 0 bridgehead atoms. The standard InChI is InChI=1S/C17H21ClN6O/c1-23(2)16-20-14(21-17(22-16)24(3)4)11-19-15(25)10-9-12-7-5-6-8-13(12)18/h5-10H,11H2,1-4H3,(H,19,25)/b10-9+. The molecular formula is C17H21ClN6O. The third-order valence-corrected chi connectivity index (χ3v) is 3.54. The Morgan fingerprint density at radius 1 is 1.08 bits per heavy atom. The molecule has 1 aromatic carbocycles. The summed E-state index contributed by atoms with van der Waals surface area (Å²) in [4.78, 5) is 28.6. The van der Waals surface area contributed by atoms with Crippen LogP contribution in [0.15, 0.2) is 30.3 Å². The van der Waals surface area contributed by atoms with Crippen molar-refractivity contribution in [1.29, 1.82) is 0 Å². The molecule has 25 heavy (non-hydrogen) atoms. The van der Waals surface area contributed by atoms with Gasteiger partial charge in [0, 0.05) is 39.3 Å². The van der Waals surface area contributed by atoms with Crippen molar-refractivity contribution in [3.05, 3.63) is 46.8 Å². The van der Waals surface area contributed by atoms with Crippen LogP contribution in [-0.2, 0) is 11.3 Å². The molecule has 2 aromatic rings. The van der Waals surface area contributed by atoms with Gasteiger partial charge in [-0.1, -0.05) is 29.8 Å². The third kappa shape index (κ3) is 5.42. The molecule has 0 aliphatic rings. The highest BCUT2D eigenvalue weighted by Gasteiger charge is 2.10. The second kappa shape index (κ2) is 8.43. The van der Waals surface area contributed by atoms with Gasteiger partial charge in [-0.15, -0.1) is 0 Å². The Kier molecular flexibility index (Phi) is 6.30. The average molecular weight is 361 g/mol. The minimum Gasteiger partial charge on any atom is -0.347 e. The Morgan fingerprint density at radius 3 is 2.24 bits per heavy atom. The molecule has 0 spiro atoms. The van der Waals surface area contributed by atoms with Crippen molar-refractivity contribution < 1.29 is 4.79 Å². The van der Waals surface area contributed by atoms with E-state index in [0.717, 1.165) is 5.56 Å². The van der Waals surface area contributed by atoms with Gasteiger partial charge in [0.1, 0.15) is 0 Å². The van der Waals surface area contributed by atoms with Crippen molar-refractivity contribution in [1.82, 2.24) is 20.3 Å².